The van der Waals surface area contributed by atoms with Crippen LogP contribution in [-0.2, 0) is 22.9 Å². The fourth-order valence-electron chi connectivity index (χ4n) is 4.00. The molecule has 2 aromatic rings. The number of nitrogens with one attached hydrogen (secondary N) is 1. The SMILES string of the molecule is O=S(=O)(NC1C2CC[C@H]1Cc1ccccc1C2)c1cccs1. The van der Waals surface area contributed by atoms with Crippen molar-refractivity contribution in [2.45, 2.75) is 35.9 Å². The summed E-state index contributed by atoms with van der Waals surface area (Å²) < 4.78 is 28.6. The molecule has 3 nitrogen and oxygen atoms in total. The van der Waals surface area contributed by atoms with Gasteiger partial charge in [-0.2, -0.15) is 0 Å². The Bertz CT molecular complexity index is 735. The van der Waals surface area contributed by atoms with Crippen LogP contribution >= 0.6 is 11.3 Å². The summed E-state index contributed by atoms with van der Waals surface area (Å²) in [5.74, 6) is 0.840. The highest BCUT2D eigenvalue weighted by Gasteiger charge is 2.41. The number of hydrogen-bond acceptors (Lipinski definition) is 3. The molecule has 0 spiro atoms. The maximum Gasteiger partial charge on any atom is 0.250 e. The average Bonchev–Trinajstić information content (AvgIpc) is 3.09. The highest BCUT2D eigenvalue weighted by molar-refractivity contribution is 7.91. The molecule has 5 heteroatoms. The van der Waals surface area contributed by atoms with Crippen molar-refractivity contribution in [3.8, 4) is 0 Å². The summed E-state index contributed by atoms with van der Waals surface area (Å²) in [4.78, 5) is 0. The molecule has 2 aliphatic carbocycles. The second-order valence-electron chi connectivity index (χ2n) is 6.35. The van der Waals surface area contributed by atoms with Gasteiger partial charge in [0.25, 0.3) is 0 Å². The maximum atomic E-state index is 12.6. The zero-order valence-corrected chi connectivity index (χ0v) is 13.9. The van der Waals surface area contributed by atoms with E-state index in [0.29, 0.717) is 16.0 Å². The van der Waals surface area contributed by atoms with Gasteiger partial charge in [0.05, 0.1) is 0 Å². The second kappa shape index (κ2) is 5.48. The van der Waals surface area contributed by atoms with E-state index in [1.165, 1.54) is 22.5 Å². The van der Waals surface area contributed by atoms with Crippen molar-refractivity contribution in [1.82, 2.24) is 4.72 Å². The number of hydrogen-bond donors (Lipinski definition) is 1. The maximum absolute atomic E-state index is 12.6. The zero-order chi connectivity index (χ0) is 15.2. The third kappa shape index (κ3) is 2.51. The van der Waals surface area contributed by atoms with Crippen LogP contribution in [0, 0.1) is 11.8 Å². The van der Waals surface area contributed by atoms with Crippen LogP contribution in [0.1, 0.15) is 24.0 Å². The molecule has 2 aliphatic rings. The van der Waals surface area contributed by atoms with E-state index in [0.717, 1.165) is 25.7 Å². The molecule has 1 aromatic carbocycles. The number of thiophene rings is 1. The van der Waals surface area contributed by atoms with E-state index in [2.05, 4.69) is 29.0 Å². The number of benzene rings is 1. The zero-order valence-electron chi connectivity index (χ0n) is 12.2. The number of rotatable bonds is 3. The Kier molecular flexibility index (Phi) is 3.59. The van der Waals surface area contributed by atoms with Crippen molar-refractivity contribution in [3.63, 3.8) is 0 Å². The van der Waals surface area contributed by atoms with Gasteiger partial charge in [-0.3, -0.25) is 0 Å². The third-order valence-corrected chi connectivity index (χ3v) is 7.91. The first-order valence-electron chi connectivity index (χ1n) is 7.76. The predicted molar refractivity (Wildman–Crippen MR) is 88.5 cm³/mol. The van der Waals surface area contributed by atoms with E-state index in [1.54, 1.807) is 12.1 Å². The van der Waals surface area contributed by atoms with E-state index in [4.69, 9.17) is 0 Å². The standard InChI is InChI=1S/C17H19NO2S2/c19-22(20,16-6-3-9-21-16)18-17-14-7-8-15(17)11-13-5-2-1-4-12(13)10-14/h1-6,9,14-15,17-18H,7-8,10-11H2/t14-,15?,17?/m0/s1. The Balaban J connectivity index is 1.62. The molecule has 3 atom stereocenters. The lowest BCUT2D eigenvalue weighted by molar-refractivity contribution is 0.386. The first-order chi connectivity index (χ1) is 10.6. The molecule has 22 heavy (non-hydrogen) atoms. The summed E-state index contributed by atoms with van der Waals surface area (Å²) in [6, 6.07) is 12.1. The van der Waals surface area contributed by atoms with Crippen LogP contribution < -0.4 is 4.72 Å². The molecule has 1 aromatic heterocycles. The lowest BCUT2D eigenvalue weighted by atomic mass is 9.94. The molecule has 2 bridgehead atoms. The van der Waals surface area contributed by atoms with Crippen LogP contribution in [0.2, 0.25) is 0 Å². The summed E-state index contributed by atoms with van der Waals surface area (Å²) in [6.07, 6.45) is 4.22. The predicted octanol–water partition coefficient (Wildman–Crippen LogP) is 3.22. The summed E-state index contributed by atoms with van der Waals surface area (Å²) in [5.41, 5.74) is 2.80. The summed E-state index contributed by atoms with van der Waals surface area (Å²) in [6.45, 7) is 0. The van der Waals surface area contributed by atoms with Gasteiger partial charge in [0.2, 0.25) is 10.0 Å². The van der Waals surface area contributed by atoms with Crippen molar-refractivity contribution in [2.75, 3.05) is 0 Å². The first kappa shape index (κ1) is 14.4. The van der Waals surface area contributed by atoms with Gasteiger partial charge in [0.15, 0.2) is 0 Å². The molecule has 0 aliphatic heterocycles. The molecule has 0 amide bonds. The van der Waals surface area contributed by atoms with Crippen molar-refractivity contribution >= 4 is 21.4 Å². The van der Waals surface area contributed by atoms with Gasteiger partial charge in [-0.05, 0) is 60.1 Å². The van der Waals surface area contributed by atoms with Gasteiger partial charge in [0, 0.05) is 6.04 Å². The van der Waals surface area contributed by atoms with Crippen LogP contribution in [0.25, 0.3) is 0 Å². The highest BCUT2D eigenvalue weighted by Crippen LogP contribution is 2.40. The molecule has 1 N–H and O–H groups in total. The summed E-state index contributed by atoms with van der Waals surface area (Å²) >= 11 is 1.28. The Morgan fingerprint density at radius 1 is 0.955 bits per heavy atom. The lowest BCUT2D eigenvalue weighted by Crippen LogP contribution is -2.41. The minimum Gasteiger partial charge on any atom is -0.207 e. The molecular formula is C17H19NO2S2. The van der Waals surface area contributed by atoms with Gasteiger partial charge in [-0.1, -0.05) is 30.3 Å². The quantitative estimate of drug-likeness (QED) is 0.937. The lowest BCUT2D eigenvalue weighted by Gasteiger charge is -2.23. The molecule has 1 fully saturated rings. The molecule has 1 heterocycles. The van der Waals surface area contributed by atoms with Crippen LogP contribution in [0.15, 0.2) is 46.0 Å². The molecule has 0 radical (unpaired) electrons. The van der Waals surface area contributed by atoms with Crippen molar-refractivity contribution in [2.24, 2.45) is 11.8 Å². The Hall–Kier alpha value is -1.17. The third-order valence-electron chi connectivity index (χ3n) is 5.06. The normalized spacial score (nSPS) is 27.4. The van der Waals surface area contributed by atoms with Crippen LogP contribution in [0.4, 0.5) is 0 Å². The fourth-order valence-corrected chi connectivity index (χ4v) is 6.38. The molecule has 116 valence electrons. The first-order valence-corrected chi connectivity index (χ1v) is 10.1. The molecule has 1 saturated carbocycles. The van der Waals surface area contributed by atoms with Gasteiger partial charge in [0.1, 0.15) is 4.21 Å². The molecule has 0 saturated heterocycles. The minimum absolute atomic E-state index is 0.0690. The van der Waals surface area contributed by atoms with Crippen LogP contribution in [-0.4, -0.2) is 14.5 Å². The van der Waals surface area contributed by atoms with Crippen LogP contribution in [0.5, 0.6) is 0 Å². The fraction of sp³-hybridized carbons (Fsp3) is 0.412. The smallest absolute Gasteiger partial charge is 0.207 e. The second-order valence-corrected chi connectivity index (χ2v) is 9.24. The minimum atomic E-state index is -3.38. The molecular weight excluding hydrogens is 314 g/mol. The highest BCUT2D eigenvalue weighted by atomic mass is 32.2. The van der Waals surface area contributed by atoms with E-state index in [-0.39, 0.29) is 6.04 Å². The van der Waals surface area contributed by atoms with Crippen molar-refractivity contribution in [1.29, 1.82) is 0 Å². The summed E-state index contributed by atoms with van der Waals surface area (Å²) in [7, 11) is -3.38. The van der Waals surface area contributed by atoms with Crippen LogP contribution in [0.3, 0.4) is 0 Å². The van der Waals surface area contributed by atoms with Gasteiger partial charge in [-0.15, -0.1) is 11.3 Å². The number of fused-ring (bicyclic) bond motifs is 3. The van der Waals surface area contributed by atoms with Crippen molar-refractivity contribution < 1.29 is 8.42 Å². The van der Waals surface area contributed by atoms with E-state index in [9.17, 15) is 8.42 Å². The molecule has 2 unspecified atom stereocenters. The molecule has 4 rings (SSSR count). The van der Waals surface area contributed by atoms with Gasteiger partial charge >= 0.3 is 0 Å². The van der Waals surface area contributed by atoms with E-state index in [1.807, 2.05) is 5.38 Å². The Morgan fingerprint density at radius 2 is 1.59 bits per heavy atom. The monoisotopic (exact) mass is 333 g/mol. The topological polar surface area (TPSA) is 46.2 Å². The average molecular weight is 333 g/mol. The van der Waals surface area contributed by atoms with Crippen molar-refractivity contribution in [3.05, 3.63) is 52.9 Å². The Morgan fingerprint density at radius 3 is 2.14 bits per heavy atom. The largest absolute Gasteiger partial charge is 0.250 e. The van der Waals surface area contributed by atoms with Gasteiger partial charge < -0.3 is 0 Å². The van der Waals surface area contributed by atoms with E-state index < -0.39 is 10.0 Å². The summed E-state index contributed by atoms with van der Waals surface area (Å²) in [5, 5.41) is 1.81. The number of sulfonamides is 1. The van der Waals surface area contributed by atoms with E-state index >= 15 is 0 Å². The Labute approximate surface area is 135 Å². The van der Waals surface area contributed by atoms with Gasteiger partial charge in [-0.25, -0.2) is 13.1 Å².